The van der Waals surface area contributed by atoms with Gasteiger partial charge in [0, 0.05) is 0 Å². The van der Waals surface area contributed by atoms with Crippen molar-refractivity contribution in [2.75, 3.05) is 7.11 Å². The van der Waals surface area contributed by atoms with Crippen molar-refractivity contribution in [3.8, 4) is 0 Å². The summed E-state index contributed by atoms with van der Waals surface area (Å²) in [7, 11) is 0.857. The van der Waals surface area contributed by atoms with Gasteiger partial charge in [0.1, 0.15) is 0 Å². The van der Waals surface area contributed by atoms with Crippen LogP contribution < -0.4 is 0 Å². The molecule has 1 N–H and O–H groups in total. The van der Waals surface area contributed by atoms with E-state index in [4.69, 9.17) is 0 Å². The van der Waals surface area contributed by atoms with Gasteiger partial charge in [-0.15, -0.1) is 0 Å². The number of carbonyl (C=O) groups is 1. The molecule has 0 fully saturated rings. The maximum Gasteiger partial charge on any atom is 0.404 e. The van der Waals surface area contributed by atoms with Gasteiger partial charge in [0.25, 0.3) is 0 Å². The monoisotopic (exact) mass is 262 g/mol. The zero-order valence-corrected chi connectivity index (χ0v) is 9.65. The first-order valence-electron chi connectivity index (χ1n) is 5.22. The number of hydrogen-bond donors (Lipinski definition) is 1. The number of ether oxygens (including phenoxy) is 1. The standard InChI is InChI=1S/C12H13F3O3/c1-18-11(17)10(12(13,14)15)9(16)7-8-5-3-2-4-6-8/h2-6,9-10,16H,7H2,1H3/t9-,10+/m0/s1. The lowest BCUT2D eigenvalue weighted by Gasteiger charge is -2.23. The van der Waals surface area contributed by atoms with Crippen LogP contribution in [-0.4, -0.2) is 30.5 Å². The topological polar surface area (TPSA) is 46.5 Å². The number of methoxy groups -OCH3 is 1. The zero-order valence-electron chi connectivity index (χ0n) is 9.65. The Morgan fingerprint density at radius 2 is 1.89 bits per heavy atom. The van der Waals surface area contributed by atoms with Gasteiger partial charge in [0.15, 0.2) is 5.92 Å². The van der Waals surface area contributed by atoms with E-state index in [9.17, 15) is 23.1 Å². The van der Waals surface area contributed by atoms with Gasteiger partial charge in [-0.1, -0.05) is 30.3 Å². The molecule has 0 aliphatic rings. The third-order valence-corrected chi connectivity index (χ3v) is 2.48. The van der Waals surface area contributed by atoms with Crippen molar-refractivity contribution in [2.45, 2.75) is 18.7 Å². The summed E-state index contributed by atoms with van der Waals surface area (Å²) in [6.45, 7) is 0. The van der Waals surface area contributed by atoms with Crippen LogP contribution in [0.1, 0.15) is 5.56 Å². The van der Waals surface area contributed by atoms with Gasteiger partial charge < -0.3 is 9.84 Å². The molecule has 1 aromatic carbocycles. The van der Waals surface area contributed by atoms with Crippen molar-refractivity contribution in [1.29, 1.82) is 0 Å². The van der Waals surface area contributed by atoms with E-state index in [-0.39, 0.29) is 6.42 Å². The number of esters is 1. The van der Waals surface area contributed by atoms with Gasteiger partial charge in [-0.05, 0) is 12.0 Å². The van der Waals surface area contributed by atoms with E-state index in [2.05, 4.69) is 4.74 Å². The maximum atomic E-state index is 12.6. The Kier molecular flexibility index (Phi) is 4.72. The van der Waals surface area contributed by atoms with Gasteiger partial charge in [-0.25, -0.2) is 0 Å². The van der Waals surface area contributed by atoms with Gasteiger partial charge in [-0.3, -0.25) is 4.79 Å². The van der Waals surface area contributed by atoms with Crippen molar-refractivity contribution >= 4 is 5.97 Å². The van der Waals surface area contributed by atoms with Crippen LogP contribution in [0.3, 0.4) is 0 Å². The number of carbonyl (C=O) groups excluding carboxylic acids is 1. The van der Waals surface area contributed by atoms with Crippen molar-refractivity contribution in [3.63, 3.8) is 0 Å². The predicted octanol–water partition coefficient (Wildman–Crippen LogP) is 1.94. The molecule has 0 saturated heterocycles. The summed E-state index contributed by atoms with van der Waals surface area (Å²) < 4.78 is 42.0. The first-order valence-corrected chi connectivity index (χ1v) is 5.22. The van der Waals surface area contributed by atoms with Crippen molar-refractivity contribution < 1.29 is 27.8 Å². The van der Waals surface area contributed by atoms with Crippen LogP contribution in [-0.2, 0) is 16.0 Å². The fraction of sp³-hybridized carbons (Fsp3) is 0.417. The van der Waals surface area contributed by atoms with Gasteiger partial charge in [-0.2, -0.15) is 13.2 Å². The Morgan fingerprint density at radius 1 is 1.33 bits per heavy atom. The number of rotatable bonds is 4. The zero-order chi connectivity index (χ0) is 13.8. The second kappa shape index (κ2) is 5.86. The van der Waals surface area contributed by atoms with Crippen LogP contribution in [0.5, 0.6) is 0 Å². The van der Waals surface area contributed by atoms with E-state index < -0.39 is 24.2 Å². The molecular weight excluding hydrogens is 249 g/mol. The molecule has 3 nitrogen and oxygen atoms in total. The molecule has 0 spiro atoms. The molecule has 0 amide bonds. The summed E-state index contributed by atoms with van der Waals surface area (Å²) in [5, 5.41) is 9.58. The molecule has 0 saturated carbocycles. The van der Waals surface area contributed by atoms with Crippen LogP contribution in [0.2, 0.25) is 0 Å². The van der Waals surface area contributed by atoms with E-state index in [1.54, 1.807) is 30.3 Å². The minimum Gasteiger partial charge on any atom is -0.468 e. The second-order valence-electron chi connectivity index (χ2n) is 3.80. The summed E-state index contributed by atoms with van der Waals surface area (Å²) >= 11 is 0. The molecule has 0 unspecified atom stereocenters. The number of aliphatic hydroxyl groups excluding tert-OH is 1. The fourth-order valence-corrected chi connectivity index (χ4v) is 1.61. The first kappa shape index (κ1) is 14.5. The average molecular weight is 262 g/mol. The Hall–Kier alpha value is -1.56. The third-order valence-electron chi connectivity index (χ3n) is 2.48. The van der Waals surface area contributed by atoms with Gasteiger partial charge in [0.2, 0.25) is 0 Å². The van der Waals surface area contributed by atoms with Crippen molar-refractivity contribution in [3.05, 3.63) is 35.9 Å². The average Bonchev–Trinajstić information content (AvgIpc) is 2.28. The molecule has 0 bridgehead atoms. The van der Waals surface area contributed by atoms with E-state index >= 15 is 0 Å². The van der Waals surface area contributed by atoms with E-state index in [0.29, 0.717) is 5.56 Å². The third kappa shape index (κ3) is 3.73. The molecule has 0 heterocycles. The Bertz CT molecular complexity index is 389. The second-order valence-corrected chi connectivity index (χ2v) is 3.80. The molecular formula is C12H13F3O3. The Balaban J connectivity index is 2.84. The molecule has 100 valence electrons. The van der Waals surface area contributed by atoms with E-state index in [1.165, 1.54) is 0 Å². The highest BCUT2D eigenvalue weighted by atomic mass is 19.4. The highest BCUT2D eigenvalue weighted by Crippen LogP contribution is 2.31. The molecule has 2 atom stereocenters. The normalized spacial score (nSPS) is 14.9. The van der Waals surface area contributed by atoms with E-state index in [1.807, 2.05) is 0 Å². The number of benzene rings is 1. The molecule has 0 aromatic heterocycles. The van der Waals surface area contributed by atoms with Gasteiger partial charge >= 0.3 is 12.1 Å². The molecule has 1 aromatic rings. The summed E-state index contributed by atoms with van der Waals surface area (Å²) in [6.07, 6.45) is -6.96. The fourth-order valence-electron chi connectivity index (χ4n) is 1.61. The largest absolute Gasteiger partial charge is 0.468 e. The molecule has 0 aliphatic carbocycles. The molecule has 18 heavy (non-hydrogen) atoms. The number of aliphatic hydroxyl groups is 1. The lowest BCUT2D eigenvalue weighted by Crippen LogP contribution is -2.42. The lowest BCUT2D eigenvalue weighted by molar-refractivity contribution is -0.213. The summed E-state index contributed by atoms with van der Waals surface area (Å²) in [4.78, 5) is 11.1. The lowest BCUT2D eigenvalue weighted by atomic mass is 9.95. The first-order chi connectivity index (χ1) is 8.36. The van der Waals surface area contributed by atoms with Crippen molar-refractivity contribution in [1.82, 2.24) is 0 Å². The number of halogens is 3. The molecule has 0 aliphatic heterocycles. The Labute approximate surface area is 102 Å². The molecule has 1 rings (SSSR count). The summed E-state index contributed by atoms with van der Waals surface area (Å²) in [5.41, 5.74) is 0.517. The SMILES string of the molecule is COC(=O)[C@@H]([C@@H](O)Cc1ccccc1)C(F)(F)F. The number of alkyl halides is 3. The highest BCUT2D eigenvalue weighted by Gasteiger charge is 2.50. The molecule has 6 heteroatoms. The minimum atomic E-state index is -4.83. The van der Waals surface area contributed by atoms with Crippen LogP contribution in [0.25, 0.3) is 0 Å². The van der Waals surface area contributed by atoms with E-state index in [0.717, 1.165) is 7.11 Å². The smallest absolute Gasteiger partial charge is 0.404 e. The van der Waals surface area contributed by atoms with Crippen molar-refractivity contribution in [2.24, 2.45) is 5.92 Å². The minimum absolute atomic E-state index is 0.264. The Morgan fingerprint density at radius 3 is 2.33 bits per heavy atom. The van der Waals surface area contributed by atoms with Crippen LogP contribution in [0.4, 0.5) is 13.2 Å². The van der Waals surface area contributed by atoms with Crippen LogP contribution >= 0.6 is 0 Å². The van der Waals surface area contributed by atoms with Crippen LogP contribution in [0, 0.1) is 5.92 Å². The number of hydrogen-bond acceptors (Lipinski definition) is 3. The highest BCUT2D eigenvalue weighted by molar-refractivity contribution is 5.73. The predicted molar refractivity (Wildman–Crippen MR) is 57.7 cm³/mol. The summed E-state index contributed by atoms with van der Waals surface area (Å²) in [5.74, 6) is -4.01. The quantitative estimate of drug-likeness (QED) is 0.843. The van der Waals surface area contributed by atoms with Gasteiger partial charge in [0.05, 0.1) is 13.2 Å². The maximum absolute atomic E-state index is 12.6. The molecule has 0 radical (unpaired) electrons. The summed E-state index contributed by atoms with van der Waals surface area (Å²) in [6, 6.07) is 8.14. The van der Waals surface area contributed by atoms with Crippen LogP contribution in [0.15, 0.2) is 30.3 Å².